The molecule has 0 saturated carbocycles. The van der Waals surface area contributed by atoms with Crippen molar-refractivity contribution in [2.75, 3.05) is 13.7 Å². The van der Waals surface area contributed by atoms with Crippen molar-refractivity contribution in [1.29, 1.82) is 0 Å². The minimum absolute atomic E-state index is 0. The second kappa shape index (κ2) is 8.56. The third kappa shape index (κ3) is 4.02. The molecule has 1 fully saturated rings. The van der Waals surface area contributed by atoms with Gasteiger partial charge in [0.2, 0.25) is 0 Å². The predicted molar refractivity (Wildman–Crippen MR) is 104 cm³/mol. The Kier molecular flexibility index (Phi) is 6.67. The maximum atomic E-state index is 12.9. The summed E-state index contributed by atoms with van der Waals surface area (Å²) in [7, 11) is 1.63. The fourth-order valence-corrected chi connectivity index (χ4v) is 3.45. The van der Waals surface area contributed by atoms with Gasteiger partial charge >= 0.3 is 0 Å². The van der Waals surface area contributed by atoms with Crippen molar-refractivity contribution in [2.45, 2.75) is 45.2 Å². The molecule has 1 aliphatic rings. The maximum Gasteiger partial charge on any atom is 0.274 e. The quantitative estimate of drug-likeness (QED) is 0.887. The lowest BCUT2D eigenvalue weighted by molar-refractivity contribution is 0.0577. The normalized spacial score (nSPS) is 18.2. The zero-order valence-corrected chi connectivity index (χ0v) is 16.3. The van der Waals surface area contributed by atoms with Crippen molar-refractivity contribution in [3.8, 4) is 11.4 Å². The first kappa shape index (κ1) is 20.3. The summed E-state index contributed by atoms with van der Waals surface area (Å²) in [6.07, 6.45) is 4.89. The van der Waals surface area contributed by atoms with Crippen molar-refractivity contribution in [3.63, 3.8) is 0 Å². The highest BCUT2D eigenvalue weighted by Gasteiger charge is 2.31. The average Bonchev–Trinajstić information content (AvgIpc) is 3.11. The molecule has 0 radical (unpaired) electrons. The number of rotatable bonds is 4. The van der Waals surface area contributed by atoms with Crippen LogP contribution in [-0.2, 0) is 0 Å². The fourth-order valence-electron chi connectivity index (χ4n) is 3.45. The monoisotopic (exact) mass is 378 g/mol. The molecule has 142 valence electrons. The van der Waals surface area contributed by atoms with Crippen LogP contribution in [0.3, 0.4) is 0 Å². The fraction of sp³-hybridized carbons (Fsp3) is 0.474. The molecule has 6 nitrogen and oxygen atoms in total. The van der Waals surface area contributed by atoms with Gasteiger partial charge in [0.05, 0.1) is 7.11 Å². The summed E-state index contributed by atoms with van der Waals surface area (Å²) in [5, 5.41) is 4.50. The van der Waals surface area contributed by atoms with Crippen LogP contribution in [0.4, 0.5) is 0 Å². The number of methoxy groups -OCH3 is 1. The molecule has 2 N–H and O–H groups in total. The molecule has 2 atom stereocenters. The lowest BCUT2D eigenvalue weighted by atomic mass is 9.96. The Hall–Kier alpha value is -2.05. The van der Waals surface area contributed by atoms with Crippen LogP contribution in [0.25, 0.3) is 5.69 Å². The van der Waals surface area contributed by atoms with Gasteiger partial charge < -0.3 is 15.4 Å². The first-order chi connectivity index (χ1) is 12.0. The van der Waals surface area contributed by atoms with E-state index in [1.165, 1.54) is 0 Å². The Morgan fingerprint density at radius 2 is 2.12 bits per heavy atom. The summed E-state index contributed by atoms with van der Waals surface area (Å²) in [6, 6.07) is 7.69. The van der Waals surface area contributed by atoms with E-state index in [9.17, 15) is 4.79 Å². The molecule has 0 spiro atoms. The van der Waals surface area contributed by atoms with Crippen LogP contribution in [-0.4, -0.2) is 46.3 Å². The van der Waals surface area contributed by atoms with Crippen LogP contribution in [0.1, 0.15) is 42.2 Å². The first-order valence-corrected chi connectivity index (χ1v) is 8.78. The number of hydrogen-bond donors (Lipinski definition) is 1. The van der Waals surface area contributed by atoms with Crippen LogP contribution >= 0.6 is 12.4 Å². The Bertz CT molecular complexity index is 760. The van der Waals surface area contributed by atoms with Gasteiger partial charge in [-0.15, -0.1) is 12.4 Å². The Morgan fingerprint density at radius 1 is 1.35 bits per heavy atom. The molecule has 3 rings (SSSR count). The number of nitrogens with two attached hydrogens (primary N) is 1. The van der Waals surface area contributed by atoms with Crippen molar-refractivity contribution >= 4 is 18.3 Å². The van der Waals surface area contributed by atoms with Crippen molar-refractivity contribution in [2.24, 2.45) is 5.73 Å². The smallest absolute Gasteiger partial charge is 0.274 e. The molecule has 2 heterocycles. The second-order valence-corrected chi connectivity index (χ2v) is 6.74. The summed E-state index contributed by atoms with van der Waals surface area (Å²) < 4.78 is 7.11. The number of benzene rings is 1. The van der Waals surface area contributed by atoms with E-state index in [0.717, 1.165) is 42.8 Å². The molecule has 0 bridgehead atoms. The van der Waals surface area contributed by atoms with Crippen LogP contribution in [0, 0.1) is 6.92 Å². The number of aryl methyl sites for hydroxylation is 1. The summed E-state index contributed by atoms with van der Waals surface area (Å²) >= 11 is 0. The number of hydrogen-bond acceptors (Lipinski definition) is 4. The van der Waals surface area contributed by atoms with Gasteiger partial charge in [0, 0.05) is 24.8 Å². The third-order valence-electron chi connectivity index (χ3n) is 4.81. The van der Waals surface area contributed by atoms with E-state index < -0.39 is 0 Å². The van der Waals surface area contributed by atoms with Crippen molar-refractivity contribution in [3.05, 3.63) is 41.7 Å². The number of amides is 1. The molecule has 26 heavy (non-hydrogen) atoms. The van der Waals surface area contributed by atoms with Gasteiger partial charge in [0.15, 0.2) is 5.69 Å². The molecule has 2 unspecified atom stereocenters. The molecule has 1 aliphatic heterocycles. The number of halogens is 1. The number of aromatic nitrogens is 2. The Morgan fingerprint density at radius 3 is 2.81 bits per heavy atom. The Labute approximate surface area is 160 Å². The SMILES string of the molecule is COc1ccc(C)cc1-n1ccc(C(=O)N2CCCCC2C(C)N)n1.Cl. The summed E-state index contributed by atoms with van der Waals surface area (Å²) in [6.45, 7) is 4.72. The largest absolute Gasteiger partial charge is 0.494 e. The molecular weight excluding hydrogens is 352 g/mol. The first-order valence-electron chi connectivity index (χ1n) is 8.78. The van der Waals surface area contributed by atoms with E-state index in [1.807, 2.05) is 36.9 Å². The highest BCUT2D eigenvalue weighted by atomic mass is 35.5. The van der Waals surface area contributed by atoms with Gasteiger partial charge in [-0.3, -0.25) is 4.79 Å². The van der Waals surface area contributed by atoms with E-state index in [-0.39, 0.29) is 30.4 Å². The highest BCUT2D eigenvalue weighted by Crippen LogP contribution is 2.25. The average molecular weight is 379 g/mol. The van der Waals surface area contributed by atoms with E-state index in [2.05, 4.69) is 5.10 Å². The topological polar surface area (TPSA) is 73.4 Å². The molecule has 1 saturated heterocycles. The van der Waals surface area contributed by atoms with Crippen LogP contribution in [0.5, 0.6) is 5.75 Å². The lowest BCUT2D eigenvalue weighted by Crippen LogP contribution is -2.51. The third-order valence-corrected chi connectivity index (χ3v) is 4.81. The van der Waals surface area contributed by atoms with Crippen molar-refractivity contribution < 1.29 is 9.53 Å². The van der Waals surface area contributed by atoms with Gasteiger partial charge in [-0.1, -0.05) is 6.07 Å². The van der Waals surface area contributed by atoms with Gasteiger partial charge in [-0.25, -0.2) is 4.68 Å². The van der Waals surface area contributed by atoms with Gasteiger partial charge in [0.1, 0.15) is 11.4 Å². The summed E-state index contributed by atoms with van der Waals surface area (Å²) in [5.41, 5.74) is 8.46. The number of piperidine rings is 1. The zero-order chi connectivity index (χ0) is 18.0. The molecule has 2 aromatic rings. The molecule has 1 aromatic heterocycles. The Balaban J connectivity index is 0.00000243. The van der Waals surface area contributed by atoms with Gasteiger partial charge in [-0.2, -0.15) is 5.10 Å². The minimum atomic E-state index is -0.0487. The predicted octanol–water partition coefficient (Wildman–Crippen LogP) is 2.95. The standard InChI is InChI=1S/C19H26N4O2.ClH/c1-13-7-8-18(25-3)17(12-13)23-11-9-15(21-23)19(24)22-10-5-4-6-16(22)14(2)20;/h7-9,11-12,14,16H,4-6,10,20H2,1-3H3;1H. The lowest BCUT2D eigenvalue weighted by Gasteiger charge is -2.37. The van der Waals surface area contributed by atoms with Gasteiger partial charge in [-0.05, 0) is 56.9 Å². The molecular formula is C19H27ClN4O2. The number of carbonyl (C=O) groups excluding carboxylic acids is 1. The highest BCUT2D eigenvalue weighted by molar-refractivity contribution is 5.92. The van der Waals surface area contributed by atoms with E-state index in [0.29, 0.717) is 5.69 Å². The molecule has 1 aromatic carbocycles. The van der Waals surface area contributed by atoms with Crippen LogP contribution in [0.15, 0.2) is 30.5 Å². The summed E-state index contributed by atoms with van der Waals surface area (Å²) in [4.78, 5) is 14.8. The minimum Gasteiger partial charge on any atom is -0.494 e. The van der Waals surface area contributed by atoms with E-state index in [1.54, 1.807) is 24.1 Å². The summed E-state index contributed by atoms with van der Waals surface area (Å²) in [5.74, 6) is 0.673. The molecule has 1 amide bonds. The van der Waals surface area contributed by atoms with Crippen LogP contribution in [0.2, 0.25) is 0 Å². The second-order valence-electron chi connectivity index (χ2n) is 6.74. The maximum absolute atomic E-state index is 12.9. The van der Waals surface area contributed by atoms with E-state index >= 15 is 0 Å². The number of carbonyl (C=O) groups is 1. The van der Waals surface area contributed by atoms with Crippen LogP contribution < -0.4 is 10.5 Å². The number of ether oxygens (including phenoxy) is 1. The number of likely N-dealkylation sites (tertiary alicyclic amines) is 1. The molecule has 7 heteroatoms. The van der Waals surface area contributed by atoms with Gasteiger partial charge in [0.25, 0.3) is 5.91 Å². The van der Waals surface area contributed by atoms with Crippen molar-refractivity contribution in [1.82, 2.24) is 14.7 Å². The number of nitrogens with zero attached hydrogens (tertiary/aromatic N) is 3. The zero-order valence-electron chi connectivity index (χ0n) is 15.5. The molecule has 0 aliphatic carbocycles. The van der Waals surface area contributed by atoms with E-state index in [4.69, 9.17) is 10.5 Å².